The summed E-state index contributed by atoms with van der Waals surface area (Å²) in [6, 6.07) is 1.07. The summed E-state index contributed by atoms with van der Waals surface area (Å²) in [4.78, 5) is 2.31. The van der Waals surface area contributed by atoms with E-state index in [1.165, 1.54) is 0 Å². The first-order valence-corrected chi connectivity index (χ1v) is 4.98. The van der Waals surface area contributed by atoms with Crippen LogP contribution >= 0.6 is 0 Å². The Kier molecular flexibility index (Phi) is 3.30. The molecule has 1 N–H and O–H groups in total. The third-order valence-electron chi connectivity index (χ3n) is 2.82. The molecule has 0 aromatic rings. The Hall–Kier alpha value is -0.150. The van der Waals surface area contributed by atoms with Gasteiger partial charge in [-0.25, -0.2) is 4.39 Å². The number of halogens is 1. The summed E-state index contributed by atoms with van der Waals surface area (Å²) in [6.07, 6.45) is 1.12. The van der Waals surface area contributed by atoms with Crippen LogP contribution in [-0.2, 0) is 0 Å². The molecule has 1 aliphatic heterocycles. The van der Waals surface area contributed by atoms with Crippen molar-refractivity contribution >= 4 is 0 Å². The van der Waals surface area contributed by atoms with Crippen molar-refractivity contribution in [2.24, 2.45) is 0 Å². The maximum atomic E-state index is 12.5. The molecule has 2 nitrogen and oxygen atoms in total. The molecule has 78 valence electrons. The van der Waals surface area contributed by atoms with Gasteiger partial charge in [0.15, 0.2) is 0 Å². The lowest BCUT2D eigenvalue weighted by atomic mass is 10.0. The predicted octanol–water partition coefficient (Wildman–Crippen LogP) is 1.42. The molecule has 0 aromatic heterocycles. The van der Waals surface area contributed by atoms with Gasteiger partial charge < -0.3 is 10.2 Å². The number of rotatable bonds is 3. The van der Waals surface area contributed by atoms with E-state index in [0.717, 1.165) is 13.0 Å². The first-order valence-electron chi connectivity index (χ1n) is 4.98. The maximum Gasteiger partial charge on any atom is 0.107 e. The van der Waals surface area contributed by atoms with E-state index in [4.69, 9.17) is 0 Å². The normalized spacial score (nSPS) is 31.2. The first-order chi connectivity index (χ1) is 5.94. The van der Waals surface area contributed by atoms with Crippen LogP contribution in [0.3, 0.4) is 0 Å². The minimum Gasteiger partial charge on any atom is -0.305 e. The van der Waals surface area contributed by atoms with Crippen molar-refractivity contribution in [1.29, 1.82) is 0 Å². The number of likely N-dealkylation sites (tertiary alicyclic amines) is 1. The number of likely N-dealkylation sites (N-methyl/N-ethyl adjacent to an activating group) is 1. The van der Waals surface area contributed by atoms with Crippen LogP contribution in [-0.4, -0.2) is 42.8 Å². The molecule has 0 radical (unpaired) electrons. The van der Waals surface area contributed by atoms with Gasteiger partial charge in [-0.1, -0.05) is 0 Å². The van der Waals surface area contributed by atoms with E-state index < -0.39 is 0 Å². The number of alkyl halides is 1. The van der Waals surface area contributed by atoms with Gasteiger partial charge in [-0.3, -0.25) is 0 Å². The Bertz CT molecular complexity index is 160. The quantitative estimate of drug-likeness (QED) is 0.720. The SMILES string of the molecule is CC1CC(NC(C)(C)CF)CN1C. The van der Waals surface area contributed by atoms with Crippen LogP contribution < -0.4 is 5.32 Å². The van der Waals surface area contributed by atoms with Gasteiger partial charge in [-0.05, 0) is 34.2 Å². The van der Waals surface area contributed by atoms with Crippen LogP contribution in [0.2, 0.25) is 0 Å². The van der Waals surface area contributed by atoms with Gasteiger partial charge in [0.2, 0.25) is 0 Å². The van der Waals surface area contributed by atoms with Crippen molar-refractivity contribution in [3.05, 3.63) is 0 Å². The lowest BCUT2D eigenvalue weighted by molar-refractivity contribution is 0.257. The second-order valence-electron chi connectivity index (χ2n) is 4.88. The summed E-state index contributed by atoms with van der Waals surface area (Å²) in [5.74, 6) is 0. The lowest BCUT2D eigenvalue weighted by Crippen LogP contribution is -2.48. The zero-order valence-corrected chi connectivity index (χ0v) is 9.10. The Morgan fingerprint density at radius 1 is 1.54 bits per heavy atom. The smallest absolute Gasteiger partial charge is 0.107 e. The molecule has 1 rings (SSSR count). The summed E-state index contributed by atoms with van der Waals surface area (Å²) in [5.41, 5.74) is -0.366. The van der Waals surface area contributed by atoms with Crippen molar-refractivity contribution in [3.63, 3.8) is 0 Å². The molecule has 0 aliphatic carbocycles. The van der Waals surface area contributed by atoms with Crippen LogP contribution in [0.5, 0.6) is 0 Å². The Morgan fingerprint density at radius 2 is 2.15 bits per heavy atom. The molecule has 1 heterocycles. The highest BCUT2D eigenvalue weighted by Gasteiger charge is 2.30. The third-order valence-corrected chi connectivity index (χ3v) is 2.82. The average molecular weight is 188 g/mol. The molecular weight excluding hydrogens is 167 g/mol. The molecule has 1 aliphatic rings. The fraction of sp³-hybridized carbons (Fsp3) is 1.00. The summed E-state index contributed by atoms with van der Waals surface area (Å²) in [5, 5.41) is 3.35. The largest absolute Gasteiger partial charge is 0.305 e. The van der Waals surface area contributed by atoms with E-state index in [0.29, 0.717) is 12.1 Å². The molecule has 0 spiro atoms. The van der Waals surface area contributed by atoms with E-state index in [2.05, 4.69) is 24.2 Å². The van der Waals surface area contributed by atoms with Crippen molar-refractivity contribution in [1.82, 2.24) is 10.2 Å². The van der Waals surface area contributed by atoms with Gasteiger partial charge in [-0.2, -0.15) is 0 Å². The van der Waals surface area contributed by atoms with E-state index in [9.17, 15) is 4.39 Å². The molecule has 0 bridgehead atoms. The highest BCUT2D eigenvalue weighted by molar-refractivity contribution is 4.90. The molecule has 0 aromatic carbocycles. The zero-order chi connectivity index (χ0) is 10.1. The summed E-state index contributed by atoms with van der Waals surface area (Å²) < 4.78 is 12.5. The topological polar surface area (TPSA) is 15.3 Å². The predicted molar refractivity (Wildman–Crippen MR) is 53.7 cm³/mol. The highest BCUT2D eigenvalue weighted by atomic mass is 19.1. The Morgan fingerprint density at radius 3 is 2.54 bits per heavy atom. The molecule has 0 amide bonds. The molecular formula is C10H21FN2. The standard InChI is InChI=1S/C10H21FN2/c1-8-5-9(6-13(8)4)12-10(2,3)7-11/h8-9,12H,5-7H2,1-4H3. The Balaban J connectivity index is 2.40. The summed E-state index contributed by atoms with van der Waals surface area (Å²) in [7, 11) is 2.12. The van der Waals surface area contributed by atoms with Crippen molar-refractivity contribution < 1.29 is 4.39 Å². The van der Waals surface area contributed by atoms with Gasteiger partial charge >= 0.3 is 0 Å². The molecule has 2 atom stereocenters. The van der Waals surface area contributed by atoms with Gasteiger partial charge in [0.25, 0.3) is 0 Å². The summed E-state index contributed by atoms with van der Waals surface area (Å²) in [6.45, 7) is 6.77. The monoisotopic (exact) mass is 188 g/mol. The number of nitrogens with zero attached hydrogens (tertiary/aromatic N) is 1. The minimum atomic E-state index is -0.366. The van der Waals surface area contributed by atoms with Crippen LogP contribution in [0.4, 0.5) is 4.39 Å². The molecule has 0 saturated carbocycles. The fourth-order valence-electron chi connectivity index (χ4n) is 1.89. The van der Waals surface area contributed by atoms with Crippen LogP contribution in [0.15, 0.2) is 0 Å². The molecule has 2 unspecified atom stereocenters. The molecule has 1 fully saturated rings. The van der Waals surface area contributed by atoms with Gasteiger partial charge in [0.1, 0.15) is 6.67 Å². The van der Waals surface area contributed by atoms with Gasteiger partial charge in [0, 0.05) is 24.2 Å². The number of hydrogen-bond donors (Lipinski definition) is 1. The molecule has 1 saturated heterocycles. The van der Waals surface area contributed by atoms with Crippen molar-refractivity contribution in [3.8, 4) is 0 Å². The Labute approximate surface area is 80.5 Å². The number of hydrogen-bond acceptors (Lipinski definition) is 2. The van der Waals surface area contributed by atoms with Crippen molar-refractivity contribution in [2.45, 2.75) is 44.8 Å². The van der Waals surface area contributed by atoms with E-state index in [1.54, 1.807) is 0 Å². The van der Waals surface area contributed by atoms with Crippen molar-refractivity contribution in [2.75, 3.05) is 20.3 Å². The van der Waals surface area contributed by atoms with E-state index in [1.807, 2.05) is 13.8 Å². The lowest BCUT2D eigenvalue weighted by Gasteiger charge is -2.26. The first kappa shape index (κ1) is 10.9. The average Bonchev–Trinajstić information content (AvgIpc) is 2.30. The summed E-state index contributed by atoms with van der Waals surface area (Å²) >= 11 is 0. The van der Waals surface area contributed by atoms with Crippen LogP contribution in [0.25, 0.3) is 0 Å². The number of nitrogens with one attached hydrogen (secondary N) is 1. The second kappa shape index (κ2) is 3.93. The van der Waals surface area contributed by atoms with Crippen LogP contribution in [0.1, 0.15) is 27.2 Å². The van der Waals surface area contributed by atoms with E-state index in [-0.39, 0.29) is 12.2 Å². The molecule has 3 heteroatoms. The minimum absolute atomic E-state index is 0.304. The zero-order valence-electron chi connectivity index (χ0n) is 9.10. The maximum absolute atomic E-state index is 12.5. The second-order valence-corrected chi connectivity index (χ2v) is 4.88. The highest BCUT2D eigenvalue weighted by Crippen LogP contribution is 2.17. The van der Waals surface area contributed by atoms with Crippen LogP contribution in [0, 0.1) is 0 Å². The van der Waals surface area contributed by atoms with E-state index >= 15 is 0 Å². The van der Waals surface area contributed by atoms with Gasteiger partial charge in [0.05, 0.1) is 0 Å². The third kappa shape index (κ3) is 2.92. The fourth-order valence-corrected chi connectivity index (χ4v) is 1.89. The molecule has 13 heavy (non-hydrogen) atoms. The van der Waals surface area contributed by atoms with Gasteiger partial charge in [-0.15, -0.1) is 0 Å².